The minimum Gasteiger partial charge on any atom is -0.491 e. The summed E-state index contributed by atoms with van der Waals surface area (Å²) < 4.78 is 12.0. The van der Waals surface area contributed by atoms with Crippen LogP contribution in [0.15, 0.2) is 54.3 Å². The second-order valence-corrected chi connectivity index (χ2v) is 9.99. The summed E-state index contributed by atoms with van der Waals surface area (Å²) in [5.41, 5.74) is 4.84. The molecule has 0 bridgehead atoms. The monoisotopic (exact) mass is 461 g/mol. The summed E-state index contributed by atoms with van der Waals surface area (Å²) in [5, 5.41) is 10.6. The zero-order valence-electron chi connectivity index (χ0n) is 20.2. The van der Waals surface area contributed by atoms with Crippen molar-refractivity contribution in [2.24, 2.45) is 0 Å². The molecule has 34 heavy (non-hydrogen) atoms. The minimum atomic E-state index is -0.491. The number of nitrogens with zero attached hydrogens (tertiary/aromatic N) is 1. The molecular formula is C29H35NO4. The highest BCUT2D eigenvalue weighted by Crippen LogP contribution is 2.50. The van der Waals surface area contributed by atoms with Crippen LogP contribution in [0.2, 0.25) is 0 Å². The minimum absolute atomic E-state index is 0.0802. The van der Waals surface area contributed by atoms with Gasteiger partial charge in [0.2, 0.25) is 0 Å². The normalized spacial score (nSPS) is 24.7. The Kier molecular flexibility index (Phi) is 6.75. The van der Waals surface area contributed by atoms with Crippen LogP contribution in [-0.2, 0) is 16.0 Å². The van der Waals surface area contributed by atoms with E-state index in [4.69, 9.17) is 9.47 Å². The van der Waals surface area contributed by atoms with Crippen molar-refractivity contribution in [1.29, 1.82) is 0 Å². The maximum atomic E-state index is 11.9. The molecule has 5 nitrogen and oxygen atoms in total. The number of hydrogen-bond acceptors (Lipinski definition) is 5. The Morgan fingerprint density at radius 2 is 2.00 bits per heavy atom. The average molecular weight is 462 g/mol. The Bertz CT molecular complexity index is 1060. The number of carbonyl (C=O) groups is 1. The van der Waals surface area contributed by atoms with Crippen molar-refractivity contribution in [3.05, 3.63) is 71.0 Å². The Morgan fingerprint density at radius 3 is 2.79 bits per heavy atom. The maximum Gasteiger partial charge on any atom is 0.307 e. The second-order valence-electron chi connectivity index (χ2n) is 9.99. The third-order valence-electron chi connectivity index (χ3n) is 7.44. The fraction of sp³-hybridized carbons (Fsp3) is 0.483. The van der Waals surface area contributed by atoms with Crippen molar-refractivity contribution in [2.45, 2.75) is 83.1 Å². The number of rotatable bonds is 7. The van der Waals surface area contributed by atoms with E-state index in [1.165, 1.54) is 18.1 Å². The number of aliphatic hydroxyl groups excluding tert-OH is 1. The largest absolute Gasteiger partial charge is 0.491 e. The van der Waals surface area contributed by atoms with Crippen molar-refractivity contribution in [3.8, 4) is 5.75 Å². The zero-order valence-corrected chi connectivity index (χ0v) is 20.2. The van der Waals surface area contributed by atoms with E-state index < -0.39 is 6.10 Å². The molecule has 0 aromatic heterocycles. The second kappa shape index (κ2) is 9.93. The van der Waals surface area contributed by atoms with E-state index in [0.29, 0.717) is 24.6 Å². The van der Waals surface area contributed by atoms with Gasteiger partial charge in [0.1, 0.15) is 11.5 Å². The van der Waals surface area contributed by atoms with Gasteiger partial charge in [0.15, 0.2) is 0 Å². The standard InChI is InChI=1S/C29H35NO4/c1-19(8-6-11-21-9-4-3-5-10-21)33-23-13-14-24-25(18-23)29-27(30-15-7-12-26(24)30)16-22(32)17-28(29)34-20(2)31/h3-5,9-10,13-14,18-19,22,26-27,32H,6-8,11-12,15-17H2,1-2H3/t19-,22+,26?,27?/m0/s1. The van der Waals surface area contributed by atoms with Crippen molar-refractivity contribution in [2.75, 3.05) is 6.54 Å². The summed E-state index contributed by atoms with van der Waals surface area (Å²) in [4.78, 5) is 14.4. The molecule has 4 atom stereocenters. The lowest BCUT2D eigenvalue weighted by atomic mass is 9.78. The molecule has 180 valence electrons. The molecule has 1 saturated heterocycles. The van der Waals surface area contributed by atoms with E-state index in [2.05, 4.69) is 60.4 Å². The fourth-order valence-electron chi connectivity index (χ4n) is 6.03. The number of benzene rings is 2. The van der Waals surface area contributed by atoms with Gasteiger partial charge in [-0.15, -0.1) is 0 Å². The Balaban J connectivity index is 1.38. The smallest absolute Gasteiger partial charge is 0.307 e. The van der Waals surface area contributed by atoms with Gasteiger partial charge >= 0.3 is 5.97 Å². The fourth-order valence-corrected chi connectivity index (χ4v) is 6.03. The first kappa shape index (κ1) is 23.1. The van der Waals surface area contributed by atoms with E-state index >= 15 is 0 Å². The zero-order chi connectivity index (χ0) is 23.7. The number of esters is 1. The number of aliphatic hydroxyl groups is 1. The van der Waals surface area contributed by atoms with Crippen LogP contribution in [-0.4, -0.2) is 40.8 Å². The first-order valence-corrected chi connectivity index (χ1v) is 12.7. The van der Waals surface area contributed by atoms with Gasteiger partial charge in [0.25, 0.3) is 0 Å². The van der Waals surface area contributed by atoms with E-state index in [9.17, 15) is 9.90 Å². The van der Waals surface area contributed by atoms with E-state index in [-0.39, 0.29) is 18.1 Å². The number of hydrogen-bond donors (Lipinski definition) is 1. The molecule has 2 aromatic rings. The molecule has 2 heterocycles. The van der Waals surface area contributed by atoms with Crippen molar-refractivity contribution >= 4 is 11.5 Å². The van der Waals surface area contributed by atoms with Crippen LogP contribution < -0.4 is 4.74 Å². The van der Waals surface area contributed by atoms with Crippen molar-refractivity contribution < 1.29 is 19.4 Å². The quantitative estimate of drug-likeness (QED) is 0.558. The molecule has 0 spiro atoms. The molecule has 1 fully saturated rings. The summed E-state index contributed by atoms with van der Waals surface area (Å²) in [6.07, 6.45) is 6.05. The molecular weight excluding hydrogens is 426 g/mol. The van der Waals surface area contributed by atoms with Crippen molar-refractivity contribution in [3.63, 3.8) is 0 Å². The Hall–Kier alpha value is -2.63. The van der Waals surface area contributed by atoms with Crippen LogP contribution >= 0.6 is 0 Å². The highest BCUT2D eigenvalue weighted by molar-refractivity contribution is 5.80. The van der Waals surface area contributed by atoms with Gasteiger partial charge in [-0.05, 0) is 80.8 Å². The van der Waals surface area contributed by atoms with Gasteiger partial charge in [0, 0.05) is 31.0 Å². The molecule has 2 unspecified atom stereocenters. The van der Waals surface area contributed by atoms with Gasteiger partial charge in [-0.25, -0.2) is 0 Å². The highest BCUT2D eigenvalue weighted by atomic mass is 16.5. The lowest BCUT2D eigenvalue weighted by Gasteiger charge is -2.44. The SMILES string of the molecule is CC(=O)OC1=C2c3cc(O[C@@H](C)CCCc4ccccc4)ccc3C3CCCN3C2C[C@@H](O)C1. The average Bonchev–Trinajstić information content (AvgIpc) is 3.29. The first-order chi connectivity index (χ1) is 16.5. The molecule has 0 radical (unpaired) electrons. The van der Waals surface area contributed by atoms with Gasteiger partial charge < -0.3 is 14.6 Å². The number of fused-ring (bicyclic) bond motifs is 6. The third kappa shape index (κ3) is 4.77. The van der Waals surface area contributed by atoms with E-state index in [0.717, 1.165) is 55.5 Å². The summed E-state index contributed by atoms with van der Waals surface area (Å²) in [6, 6.07) is 17.4. The van der Waals surface area contributed by atoms with Crippen molar-refractivity contribution in [1.82, 2.24) is 4.90 Å². The number of aryl methyl sites for hydroxylation is 1. The first-order valence-electron chi connectivity index (χ1n) is 12.7. The summed E-state index contributed by atoms with van der Waals surface area (Å²) in [6.45, 7) is 4.57. The van der Waals surface area contributed by atoms with E-state index in [1.807, 2.05) is 0 Å². The van der Waals surface area contributed by atoms with Gasteiger partial charge in [-0.2, -0.15) is 0 Å². The summed E-state index contributed by atoms with van der Waals surface area (Å²) in [5.74, 6) is 1.15. The van der Waals surface area contributed by atoms with Crippen LogP contribution in [0.25, 0.3) is 5.57 Å². The molecule has 1 aliphatic carbocycles. The van der Waals surface area contributed by atoms with Crippen LogP contribution in [0.1, 0.15) is 75.1 Å². The molecule has 2 aromatic carbocycles. The number of carbonyl (C=O) groups excluding carboxylic acids is 1. The lowest BCUT2D eigenvalue weighted by molar-refractivity contribution is -0.137. The number of ether oxygens (including phenoxy) is 2. The van der Waals surface area contributed by atoms with Gasteiger partial charge in [-0.1, -0.05) is 36.4 Å². The molecule has 5 rings (SSSR count). The van der Waals surface area contributed by atoms with Crippen LogP contribution in [0.4, 0.5) is 0 Å². The third-order valence-corrected chi connectivity index (χ3v) is 7.44. The van der Waals surface area contributed by atoms with Crippen LogP contribution in [0.5, 0.6) is 5.75 Å². The summed E-state index contributed by atoms with van der Waals surface area (Å²) >= 11 is 0. The predicted molar refractivity (Wildman–Crippen MR) is 132 cm³/mol. The Morgan fingerprint density at radius 1 is 1.18 bits per heavy atom. The molecule has 0 amide bonds. The maximum absolute atomic E-state index is 11.9. The lowest BCUT2D eigenvalue weighted by Crippen LogP contribution is -2.44. The molecule has 5 heteroatoms. The van der Waals surface area contributed by atoms with Crippen LogP contribution in [0.3, 0.4) is 0 Å². The van der Waals surface area contributed by atoms with Gasteiger partial charge in [-0.3, -0.25) is 9.69 Å². The highest BCUT2D eigenvalue weighted by Gasteiger charge is 2.45. The van der Waals surface area contributed by atoms with Crippen LogP contribution in [0, 0.1) is 0 Å². The summed E-state index contributed by atoms with van der Waals surface area (Å²) in [7, 11) is 0. The van der Waals surface area contributed by atoms with Gasteiger partial charge in [0.05, 0.1) is 12.2 Å². The molecule has 1 N–H and O–H groups in total. The molecule has 2 aliphatic heterocycles. The topological polar surface area (TPSA) is 59.0 Å². The Labute approximate surface area is 202 Å². The predicted octanol–water partition coefficient (Wildman–Crippen LogP) is 5.42. The molecule has 3 aliphatic rings. The molecule has 0 saturated carbocycles. The van der Waals surface area contributed by atoms with E-state index in [1.54, 1.807) is 0 Å².